The normalized spacial score (nSPS) is 25.0. The second kappa shape index (κ2) is 8.98. The van der Waals surface area contributed by atoms with Crippen LogP contribution < -0.4 is 0 Å². The van der Waals surface area contributed by atoms with Crippen LogP contribution in [0.15, 0.2) is 60.7 Å². The van der Waals surface area contributed by atoms with Crippen LogP contribution in [0, 0.1) is 0 Å². The van der Waals surface area contributed by atoms with Crippen molar-refractivity contribution < 1.29 is 9.84 Å². The first-order valence-electron chi connectivity index (χ1n) is 10.1. The van der Waals surface area contributed by atoms with Gasteiger partial charge in [0, 0.05) is 51.3 Å². The van der Waals surface area contributed by atoms with E-state index in [0.717, 1.165) is 52.4 Å². The maximum Gasteiger partial charge on any atom is 0.0834 e. The molecule has 2 aromatic carbocycles. The fourth-order valence-electron chi connectivity index (χ4n) is 4.48. The van der Waals surface area contributed by atoms with Crippen molar-refractivity contribution in [2.75, 3.05) is 45.9 Å². The molecule has 144 valence electrons. The summed E-state index contributed by atoms with van der Waals surface area (Å²) in [5, 5.41) is 10.7. The van der Waals surface area contributed by atoms with Crippen LogP contribution in [0.3, 0.4) is 0 Å². The Labute approximate surface area is 162 Å². The second-order valence-corrected chi connectivity index (χ2v) is 7.73. The molecule has 1 N–H and O–H groups in total. The van der Waals surface area contributed by atoms with E-state index in [-0.39, 0.29) is 12.1 Å². The summed E-state index contributed by atoms with van der Waals surface area (Å²) < 4.78 is 5.59. The smallest absolute Gasteiger partial charge is 0.0834 e. The topological polar surface area (TPSA) is 35.9 Å². The van der Waals surface area contributed by atoms with E-state index in [0.29, 0.717) is 5.92 Å². The van der Waals surface area contributed by atoms with Gasteiger partial charge in [0.25, 0.3) is 0 Å². The number of ether oxygens (including phenoxy) is 1. The summed E-state index contributed by atoms with van der Waals surface area (Å²) in [4.78, 5) is 4.86. The van der Waals surface area contributed by atoms with E-state index in [1.165, 1.54) is 11.1 Å². The zero-order chi connectivity index (χ0) is 18.5. The van der Waals surface area contributed by atoms with Gasteiger partial charge < -0.3 is 9.84 Å². The van der Waals surface area contributed by atoms with Crippen molar-refractivity contribution in [1.82, 2.24) is 9.80 Å². The first-order valence-corrected chi connectivity index (χ1v) is 10.1. The first-order chi connectivity index (χ1) is 13.3. The van der Waals surface area contributed by atoms with Crippen molar-refractivity contribution in [2.45, 2.75) is 24.5 Å². The van der Waals surface area contributed by atoms with Gasteiger partial charge in [-0.3, -0.25) is 9.80 Å². The molecular weight excluding hydrogens is 336 g/mol. The summed E-state index contributed by atoms with van der Waals surface area (Å²) >= 11 is 0. The Bertz CT molecular complexity index is 647. The van der Waals surface area contributed by atoms with Gasteiger partial charge in [-0.25, -0.2) is 0 Å². The molecular formula is C23H30N2O2. The highest BCUT2D eigenvalue weighted by atomic mass is 16.5. The lowest BCUT2D eigenvalue weighted by atomic mass is 9.91. The van der Waals surface area contributed by atoms with Crippen LogP contribution in [0.2, 0.25) is 0 Å². The van der Waals surface area contributed by atoms with Crippen LogP contribution in [0.25, 0.3) is 0 Å². The molecule has 2 aliphatic heterocycles. The second-order valence-electron chi connectivity index (χ2n) is 7.73. The van der Waals surface area contributed by atoms with Gasteiger partial charge in [-0.15, -0.1) is 0 Å². The lowest BCUT2D eigenvalue weighted by Crippen LogP contribution is -2.44. The summed E-state index contributed by atoms with van der Waals surface area (Å²) in [6.07, 6.45) is 0.773. The van der Waals surface area contributed by atoms with Crippen molar-refractivity contribution in [3.8, 4) is 0 Å². The average Bonchev–Trinajstić information content (AvgIpc) is 2.91. The summed E-state index contributed by atoms with van der Waals surface area (Å²) in [6.45, 7) is 6.18. The van der Waals surface area contributed by atoms with Crippen molar-refractivity contribution in [3.05, 3.63) is 71.8 Å². The molecule has 27 heavy (non-hydrogen) atoms. The summed E-state index contributed by atoms with van der Waals surface area (Å²) in [5.74, 6) is 0.325. The van der Waals surface area contributed by atoms with E-state index < -0.39 is 0 Å². The molecule has 0 aromatic heterocycles. The predicted octanol–water partition coefficient (Wildman–Crippen LogP) is 2.59. The van der Waals surface area contributed by atoms with Crippen LogP contribution in [0.4, 0.5) is 0 Å². The van der Waals surface area contributed by atoms with E-state index in [1.807, 2.05) is 0 Å². The first kappa shape index (κ1) is 18.6. The number of nitrogens with zero attached hydrogens (tertiary/aromatic N) is 2. The summed E-state index contributed by atoms with van der Waals surface area (Å²) in [7, 11) is 0. The number of likely N-dealkylation sites (tertiary alicyclic amines) is 1. The van der Waals surface area contributed by atoms with Gasteiger partial charge in [0.1, 0.15) is 0 Å². The third-order valence-corrected chi connectivity index (χ3v) is 5.91. The molecule has 4 heteroatoms. The summed E-state index contributed by atoms with van der Waals surface area (Å²) in [6, 6.07) is 21.7. The van der Waals surface area contributed by atoms with Gasteiger partial charge in [-0.2, -0.15) is 0 Å². The van der Waals surface area contributed by atoms with Crippen molar-refractivity contribution >= 4 is 0 Å². The van der Waals surface area contributed by atoms with Crippen molar-refractivity contribution in [2.24, 2.45) is 0 Å². The molecule has 0 unspecified atom stereocenters. The molecule has 2 aromatic rings. The van der Waals surface area contributed by atoms with Crippen LogP contribution in [0.5, 0.6) is 0 Å². The monoisotopic (exact) mass is 366 g/mol. The summed E-state index contributed by atoms with van der Waals surface area (Å²) in [5.41, 5.74) is 2.68. The van der Waals surface area contributed by atoms with Gasteiger partial charge in [0.15, 0.2) is 0 Å². The van der Waals surface area contributed by atoms with E-state index in [4.69, 9.17) is 4.74 Å². The number of aliphatic hydroxyl groups is 1. The fourth-order valence-corrected chi connectivity index (χ4v) is 4.48. The maximum absolute atomic E-state index is 10.7. The number of rotatable bonds is 5. The van der Waals surface area contributed by atoms with Crippen molar-refractivity contribution in [1.29, 1.82) is 0 Å². The molecule has 2 heterocycles. The standard InChI is InChI=1S/C23H30N2O2/c26-23-18-24(17-22(23)25-12-7-14-27-15-13-25)16-21(19-8-3-1-4-9-19)20-10-5-2-6-11-20/h1-6,8-11,21-23,26H,7,12-18H2/t22-,23-/m1/s1. The quantitative estimate of drug-likeness (QED) is 0.882. The maximum atomic E-state index is 10.7. The van der Waals surface area contributed by atoms with Crippen LogP contribution in [0.1, 0.15) is 23.5 Å². The number of aliphatic hydroxyl groups excluding tert-OH is 1. The van der Waals surface area contributed by atoms with Crippen LogP contribution in [-0.2, 0) is 4.74 Å². The van der Waals surface area contributed by atoms with Crippen molar-refractivity contribution in [3.63, 3.8) is 0 Å². The van der Waals surface area contributed by atoms with Gasteiger partial charge >= 0.3 is 0 Å². The lowest BCUT2D eigenvalue weighted by Gasteiger charge is -2.29. The van der Waals surface area contributed by atoms with Gasteiger partial charge in [0.2, 0.25) is 0 Å². The third-order valence-electron chi connectivity index (χ3n) is 5.91. The Morgan fingerprint density at radius 2 is 1.56 bits per heavy atom. The molecule has 2 saturated heterocycles. The highest BCUT2D eigenvalue weighted by molar-refractivity contribution is 5.32. The zero-order valence-corrected chi connectivity index (χ0v) is 15.9. The number of hydrogen-bond acceptors (Lipinski definition) is 4. The highest BCUT2D eigenvalue weighted by Crippen LogP contribution is 2.28. The molecule has 0 amide bonds. The molecule has 0 spiro atoms. The molecule has 2 fully saturated rings. The SMILES string of the molecule is O[C@@H]1CN(CC(c2ccccc2)c2ccccc2)C[C@H]1N1CCCOCC1. The zero-order valence-electron chi connectivity index (χ0n) is 15.9. The molecule has 0 aliphatic carbocycles. The fraction of sp³-hybridized carbons (Fsp3) is 0.478. The largest absolute Gasteiger partial charge is 0.390 e. The number of benzene rings is 2. The predicted molar refractivity (Wildman–Crippen MR) is 108 cm³/mol. The molecule has 0 radical (unpaired) electrons. The number of β-amino-alcohol motifs (C(OH)–C–C–N with tert-alkyl or cyclic N) is 1. The number of hydrogen-bond donors (Lipinski definition) is 1. The molecule has 2 atom stereocenters. The Morgan fingerprint density at radius 1 is 0.889 bits per heavy atom. The molecule has 2 aliphatic rings. The van der Waals surface area contributed by atoms with E-state index in [2.05, 4.69) is 70.5 Å². The Hall–Kier alpha value is -1.72. The van der Waals surface area contributed by atoms with E-state index in [9.17, 15) is 5.11 Å². The molecule has 0 saturated carbocycles. The van der Waals surface area contributed by atoms with Gasteiger partial charge in [0.05, 0.1) is 12.7 Å². The Balaban J connectivity index is 1.48. The Morgan fingerprint density at radius 3 is 2.22 bits per heavy atom. The minimum Gasteiger partial charge on any atom is -0.390 e. The molecule has 4 rings (SSSR count). The highest BCUT2D eigenvalue weighted by Gasteiger charge is 2.36. The minimum atomic E-state index is -0.282. The van der Waals surface area contributed by atoms with Gasteiger partial charge in [-0.1, -0.05) is 60.7 Å². The van der Waals surface area contributed by atoms with Crippen LogP contribution in [-0.4, -0.2) is 73.0 Å². The molecule has 4 nitrogen and oxygen atoms in total. The lowest BCUT2D eigenvalue weighted by molar-refractivity contribution is 0.0771. The Kier molecular flexibility index (Phi) is 6.20. The molecule has 0 bridgehead atoms. The van der Waals surface area contributed by atoms with E-state index in [1.54, 1.807) is 0 Å². The third kappa shape index (κ3) is 4.58. The average molecular weight is 367 g/mol. The minimum absolute atomic E-state index is 0.221. The van der Waals surface area contributed by atoms with E-state index >= 15 is 0 Å². The van der Waals surface area contributed by atoms with Crippen LogP contribution >= 0.6 is 0 Å². The van der Waals surface area contributed by atoms with Gasteiger partial charge in [-0.05, 0) is 17.5 Å².